The van der Waals surface area contributed by atoms with Crippen molar-refractivity contribution < 1.29 is 9.90 Å². The maximum atomic E-state index is 12.3. The molecule has 0 radical (unpaired) electrons. The summed E-state index contributed by atoms with van der Waals surface area (Å²) in [6, 6.07) is 0. The van der Waals surface area contributed by atoms with Crippen molar-refractivity contribution >= 4 is 5.91 Å². The number of allylic oxidation sites excluding steroid dienone is 7. The molecule has 1 aliphatic rings. The first-order valence-electron chi connectivity index (χ1n) is 10.9. The lowest BCUT2D eigenvalue weighted by Crippen LogP contribution is -2.41. The number of carbonyl (C=O) groups excluding carboxylic acids is 1. The summed E-state index contributed by atoms with van der Waals surface area (Å²) in [6.45, 7) is 12.0. The second-order valence-electron chi connectivity index (χ2n) is 8.57. The van der Waals surface area contributed by atoms with Crippen LogP contribution in [-0.4, -0.2) is 35.1 Å². The molecule has 1 N–H and O–H groups in total. The van der Waals surface area contributed by atoms with Gasteiger partial charge >= 0.3 is 0 Å². The molecule has 0 aromatic carbocycles. The zero-order valence-corrected chi connectivity index (χ0v) is 18.8. The van der Waals surface area contributed by atoms with Crippen molar-refractivity contribution in [3.05, 3.63) is 46.6 Å². The number of rotatable bonds is 10. The highest BCUT2D eigenvalue weighted by Gasteiger charge is 2.20. The molecular weight excluding hydrogens is 346 g/mol. The van der Waals surface area contributed by atoms with Crippen LogP contribution in [0.15, 0.2) is 46.6 Å². The summed E-state index contributed by atoms with van der Waals surface area (Å²) >= 11 is 0. The number of amides is 1. The molecule has 1 unspecified atom stereocenters. The highest BCUT2D eigenvalue weighted by atomic mass is 16.3. The topological polar surface area (TPSA) is 40.5 Å². The molecule has 0 spiro atoms. The molecule has 0 saturated carbocycles. The van der Waals surface area contributed by atoms with Gasteiger partial charge in [0.05, 0.1) is 6.10 Å². The van der Waals surface area contributed by atoms with E-state index in [1.165, 1.54) is 16.7 Å². The molecule has 1 fully saturated rings. The van der Waals surface area contributed by atoms with Crippen LogP contribution in [0.4, 0.5) is 0 Å². The van der Waals surface area contributed by atoms with Gasteiger partial charge in [0.1, 0.15) is 0 Å². The largest absolute Gasteiger partial charge is 0.391 e. The first kappa shape index (κ1) is 24.4. The Labute approximate surface area is 172 Å². The molecule has 3 nitrogen and oxygen atoms in total. The van der Waals surface area contributed by atoms with Crippen LogP contribution < -0.4 is 0 Å². The van der Waals surface area contributed by atoms with E-state index in [1.807, 2.05) is 6.92 Å². The molecule has 1 amide bonds. The van der Waals surface area contributed by atoms with Crippen molar-refractivity contribution in [3.63, 3.8) is 0 Å². The molecule has 0 bridgehead atoms. The third-order valence-electron chi connectivity index (χ3n) is 5.23. The highest BCUT2D eigenvalue weighted by Crippen LogP contribution is 2.15. The molecule has 1 saturated heterocycles. The van der Waals surface area contributed by atoms with Gasteiger partial charge in [0.15, 0.2) is 0 Å². The lowest BCUT2D eigenvalue weighted by molar-refractivity contribution is -0.129. The van der Waals surface area contributed by atoms with Gasteiger partial charge in [-0.1, -0.05) is 40.5 Å². The maximum absolute atomic E-state index is 12.3. The first-order chi connectivity index (χ1) is 13.3. The molecule has 158 valence electrons. The molecule has 0 aromatic rings. The zero-order valence-electron chi connectivity index (χ0n) is 18.8. The fourth-order valence-corrected chi connectivity index (χ4v) is 3.41. The van der Waals surface area contributed by atoms with E-state index in [0.29, 0.717) is 6.54 Å². The molecule has 1 atom stereocenters. The monoisotopic (exact) mass is 387 g/mol. The van der Waals surface area contributed by atoms with E-state index in [-0.39, 0.29) is 12.0 Å². The third-order valence-corrected chi connectivity index (χ3v) is 5.23. The maximum Gasteiger partial charge on any atom is 0.246 e. The summed E-state index contributed by atoms with van der Waals surface area (Å²) in [4.78, 5) is 14.1. The second-order valence-corrected chi connectivity index (χ2v) is 8.57. The summed E-state index contributed by atoms with van der Waals surface area (Å²) in [6.07, 6.45) is 16.5. The van der Waals surface area contributed by atoms with Crippen LogP contribution in [0.1, 0.15) is 86.0 Å². The predicted molar refractivity (Wildman–Crippen MR) is 120 cm³/mol. The van der Waals surface area contributed by atoms with E-state index in [9.17, 15) is 9.90 Å². The van der Waals surface area contributed by atoms with Crippen LogP contribution in [-0.2, 0) is 4.79 Å². The fraction of sp³-hybridized carbons (Fsp3) is 0.640. The van der Waals surface area contributed by atoms with Gasteiger partial charge in [-0.3, -0.25) is 4.79 Å². The Morgan fingerprint density at radius 2 is 1.43 bits per heavy atom. The number of nitrogens with zero attached hydrogens (tertiary/aromatic N) is 1. The molecule has 1 heterocycles. The predicted octanol–water partition coefficient (Wildman–Crippen LogP) is 6.12. The smallest absolute Gasteiger partial charge is 0.246 e. The SMILES string of the molecule is CC(C)=CCC/C(C)=C/CC/C(C)=C/CC/C(C)=C/C(=O)N1CCCC(O)C1. The van der Waals surface area contributed by atoms with Gasteiger partial charge in [-0.15, -0.1) is 0 Å². The van der Waals surface area contributed by atoms with E-state index < -0.39 is 0 Å². The first-order valence-corrected chi connectivity index (χ1v) is 10.9. The minimum Gasteiger partial charge on any atom is -0.391 e. The van der Waals surface area contributed by atoms with Gasteiger partial charge in [-0.05, 0) is 86.0 Å². The Morgan fingerprint density at radius 1 is 0.893 bits per heavy atom. The van der Waals surface area contributed by atoms with Gasteiger partial charge < -0.3 is 10.0 Å². The van der Waals surface area contributed by atoms with Crippen molar-refractivity contribution in [2.45, 2.75) is 92.1 Å². The van der Waals surface area contributed by atoms with Crippen LogP contribution in [0.2, 0.25) is 0 Å². The number of hydrogen-bond donors (Lipinski definition) is 1. The number of likely N-dealkylation sites (tertiary alicyclic amines) is 1. The van der Waals surface area contributed by atoms with E-state index in [2.05, 4.69) is 45.9 Å². The molecule has 3 heteroatoms. The van der Waals surface area contributed by atoms with Gasteiger partial charge in [-0.2, -0.15) is 0 Å². The minimum atomic E-state index is -0.359. The summed E-state index contributed by atoms with van der Waals surface area (Å²) in [5, 5.41) is 9.71. The van der Waals surface area contributed by atoms with Gasteiger partial charge in [0, 0.05) is 19.2 Å². The van der Waals surface area contributed by atoms with E-state index >= 15 is 0 Å². The fourth-order valence-electron chi connectivity index (χ4n) is 3.41. The Balaban J connectivity index is 2.30. The van der Waals surface area contributed by atoms with Crippen LogP contribution >= 0.6 is 0 Å². The number of aliphatic hydroxyl groups is 1. The van der Waals surface area contributed by atoms with Crippen molar-refractivity contribution in [3.8, 4) is 0 Å². The summed E-state index contributed by atoms with van der Waals surface area (Å²) in [5.41, 5.74) is 5.41. The molecular formula is C25H41NO2. The van der Waals surface area contributed by atoms with E-state index in [0.717, 1.165) is 63.5 Å². The average molecular weight is 388 g/mol. The summed E-state index contributed by atoms with van der Waals surface area (Å²) in [5.74, 6) is 0.0469. The summed E-state index contributed by atoms with van der Waals surface area (Å²) in [7, 11) is 0. The van der Waals surface area contributed by atoms with Crippen molar-refractivity contribution in [1.29, 1.82) is 0 Å². The number of piperidine rings is 1. The molecule has 1 rings (SSSR count). The number of β-amino-alcohol motifs (C(OH)–C–C–N with tert-alkyl or cyclic N) is 1. The molecule has 1 aliphatic heterocycles. The van der Waals surface area contributed by atoms with Crippen molar-refractivity contribution in [2.75, 3.05) is 13.1 Å². The minimum absolute atomic E-state index is 0.0469. The van der Waals surface area contributed by atoms with Gasteiger partial charge in [-0.25, -0.2) is 0 Å². The van der Waals surface area contributed by atoms with Gasteiger partial charge in [0.2, 0.25) is 5.91 Å². The Kier molecular flexibility index (Phi) is 11.8. The molecule has 0 aliphatic carbocycles. The lowest BCUT2D eigenvalue weighted by Gasteiger charge is -2.29. The number of aliphatic hydroxyl groups excluding tert-OH is 1. The highest BCUT2D eigenvalue weighted by molar-refractivity contribution is 5.88. The average Bonchev–Trinajstić information content (AvgIpc) is 2.61. The lowest BCUT2D eigenvalue weighted by atomic mass is 10.0. The standard InChI is InChI=1S/C25H41NO2/c1-20(2)10-6-11-21(3)12-7-13-22(4)14-8-15-23(5)18-25(28)26-17-9-16-24(27)19-26/h10,12,14,18,24,27H,6-9,11,13,15-17,19H2,1-5H3/b21-12+,22-14+,23-18+. The van der Waals surface area contributed by atoms with Crippen LogP contribution in [0.25, 0.3) is 0 Å². The second kappa shape index (κ2) is 13.5. The van der Waals surface area contributed by atoms with Crippen LogP contribution in [0.3, 0.4) is 0 Å². The van der Waals surface area contributed by atoms with Crippen molar-refractivity contribution in [1.82, 2.24) is 4.90 Å². The Hall–Kier alpha value is -1.61. The van der Waals surface area contributed by atoms with Crippen LogP contribution in [0, 0.1) is 0 Å². The summed E-state index contributed by atoms with van der Waals surface area (Å²) < 4.78 is 0. The molecule has 0 aromatic heterocycles. The normalized spacial score (nSPS) is 19.0. The number of hydrogen-bond acceptors (Lipinski definition) is 2. The number of carbonyl (C=O) groups is 1. The Morgan fingerprint density at radius 3 is 1.96 bits per heavy atom. The quantitative estimate of drug-likeness (QED) is 0.362. The van der Waals surface area contributed by atoms with E-state index in [4.69, 9.17) is 0 Å². The Bertz CT molecular complexity index is 606. The van der Waals surface area contributed by atoms with E-state index in [1.54, 1.807) is 11.0 Å². The third kappa shape index (κ3) is 11.3. The zero-order chi connectivity index (χ0) is 20.9. The van der Waals surface area contributed by atoms with Crippen LogP contribution in [0.5, 0.6) is 0 Å². The molecule has 28 heavy (non-hydrogen) atoms. The van der Waals surface area contributed by atoms with Crippen molar-refractivity contribution in [2.24, 2.45) is 0 Å². The van der Waals surface area contributed by atoms with Gasteiger partial charge in [0.25, 0.3) is 0 Å².